The normalized spacial score (nSPS) is 15.2. The first kappa shape index (κ1) is 12.1. The number of carbonyl (C=O) groups is 2. The summed E-state index contributed by atoms with van der Waals surface area (Å²) in [5, 5.41) is 2.57. The Kier molecular flexibility index (Phi) is 5.30. The molecule has 4 nitrogen and oxygen atoms in total. The van der Waals surface area contributed by atoms with E-state index in [-0.39, 0.29) is 5.91 Å². The van der Waals surface area contributed by atoms with Crippen LogP contribution in [0.2, 0.25) is 0 Å². The second-order valence-corrected chi connectivity index (χ2v) is 3.67. The molecule has 2 atom stereocenters. The molecule has 0 rings (SSSR count). The van der Waals surface area contributed by atoms with Crippen LogP contribution >= 0.6 is 0 Å². The number of aldehydes is 1. The molecule has 0 aliphatic heterocycles. The van der Waals surface area contributed by atoms with E-state index in [9.17, 15) is 9.59 Å². The number of hydrogen-bond acceptors (Lipinski definition) is 3. The summed E-state index contributed by atoms with van der Waals surface area (Å²) in [6.45, 7) is 5.58. The van der Waals surface area contributed by atoms with Gasteiger partial charge in [0.05, 0.1) is 12.1 Å². The van der Waals surface area contributed by atoms with Crippen molar-refractivity contribution in [3.63, 3.8) is 0 Å². The van der Waals surface area contributed by atoms with Gasteiger partial charge >= 0.3 is 0 Å². The third-order valence-corrected chi connectivity index (χ3v) is 1.63. The van der Waals surface area contributed by atoms with E-state index in [0.717, 1.165) is 6.29 Å². The Bertz CT molecular complexity index is 178. The van der Waals surface area contributed by atoms with E-state index in [1.807, 2.05) is 13.8 Å². The van der Waals surface area contributed by atoms with Crippen molar-refractivity contribution in [1.82, 2.24) is 5.32 Å². The third kappa shape index (κ3) is 5.36. The first-order chi connectivity index (χ1) is 5.97. The molecule has 0 radical (unpaired) electrons. The first-order valence-electron chi connectivity index (χ1n) is 4.48. The van der Waals surface area contributed by atoms with Crippen molar-refractivity contribution >= 4 is 12.2 Å². The highest BCUT2D eigenvalue weighted by molar-refractivity contribution is 5.83. The largest absolute Gasteiger partial charge is 0.345 e. The number of amides is 1. The van der Waals surface area contributed by atoms with Crippen molar-refractivity contribution in [3.8, 4) is 0 Å². The van der Waals surface area contributed by atoms with Crippen LogP contribution in [0.5, 0.6) is 0 Å². The number of nitrogens with two attached hydrogens (primary N) is 1. The minimum Gasteiger partial charge on any atom is -0.345 e. The van der Waals surface area contributed by atoms with Crippen molar-refractivity contribution in [1.29, 1.82) is 0 Å². The Morgan fingerprint density at radius 1 is 1.46 bits per heavy atom. The number of rotatable bonds is 5. The third-order valence-electron chi connectivity index (χ3n) is 1.63. The number of carbonyl (C=O) groups excluding carboxylic acids is 2. The van der Waals surface area contributed by atoms with Gasteiger partial charge in [0.2, 0.25) is 5.91 Å². The predicted molar refractivity (Wildman–Crippen MR) is 51.1 cm³/mol. The zero-order valence-corrected chi connectivity index (χ0v) is 8.41. The molecular weight excluding hydrogens is 168 g/mol. The lowest BCUT2D eigenvalue weighted by molar-refractivity contribution is -0.125. The van der Waals surface area contributed by atoms with Gasteiger partial charge in [-0.25, -0.2) is 0 Å². The van der Waals surface area contributed by atoms with Gasteiger partial charge in [-0.3, -0.25) is 4.79 Å². The van der Waals surface area contributed by atoms with Gasteiger partial charge in [0.1, 0.15) is 6.29 Å². The van der Waals surface area contributed by atoms with E-state index in [4.69, 9.17) is 5.73 Å². The van der Waals surface area contributed by atoms with E-state index in [0.29, 0.717) is 12.3 Å². The van der Waals surface area contributed by atoms with Gasteiger partial charge in [-0.15, -0.1) is 0 Å². The van der Waals surface area contributed by atoms with Crippen molar-refractivity contribution in [2.75, 3.05) is 0 Å². The van der Waals surface area contributed by atoms with E-state index in [1.165, 1.54) is 0 Å². The molecule has 0 aromatic carbocycles. The molecule has 2 unspecified atom stereocenters. The van der Waals surface area contributed by atoms with Crippen molar-refractivity contribution in [2.45, 2.75) is 39.3 Å². The lowest BCUT2D eigenvalue weighted by Gasteiger charge is -2.15. The molecule has 3 N–H and O–H groups in total. The van der Waals surface area contributed by atoms with Gasteiger partial charge in [0, 0.05) is 0 Å². The van der Waals surface area contributed by atoms with Crippen molar-refractivity contribution in [3.05, 3.63) is 0 Å². The molecule has 0 heterocycles. The predicted octanol–water partition coefficient (Wildman–Crippen LogP) is 0.0634. The topological polar surface area (TPSA) is 72.2 Å². The summed E-state index contributed by atoms with van der Waals surface area (Å²) >= 11 is 0. The molecule has 0 aliphatic rings. The van der Waals surface area contributed by atoms with Crippen molar-refractivity contribution < 1.29 is 9.59 Å². The standard InChI is InChI=1S/C9H18N2O2/c1-6(2)4-8(5-12)11-9(13)7(3)10/h5-8H,4,10H2,1-3H3,(H,11,13). The van der Waals surface area contributed by atoms with Gasteiger partial charge in [-0.2, -0.15) is 0 Å². The molecule has 0 aromatic heterocycles. The van der Waals surface area contributed by atoms with Gasteiger partial charge in [-0.05, 0) is 19.3 Å². The van der Waals surface area contributed by atoms with Crippen LogP contribution in [0.1, 0.15) is 27.2 Å². The second-order valence-electron chi connectivity index (χ2n) is 3.67. The summed E-state index contributed by atoms with van der Waals surface area (Å²) in [4.78, 5) is 21.6. The van der Waals surface area contributed by atoms with E-state index in [2.05, 4.69) is 5.32 Å². The molecule has 0 aliphatic carbocycles. The molecule has 0 saturated carbocycles. The highest BCUT2D eigenvalue weighted by Gasteiger charge is 2.14. The summed E-state index contributed by atoms with van der Waals surface area (Å²) in [7, 11) is 0. The highest BCUT2D eigenvalue weighted by Crippen LogP contribution is 2.02. The zero-order valence-electron chi connectivity index (χ0n) is 8.41. The maximum absolute atomic E-state index is 11.1. The fourth-order valence-electron chi connectivity index (χ4n) is 0.971. The van der Waals surface area contributed by atoms with Gasteiger partial charge in [-0.1, -0.05) is 13.8 Å². The van der Waals surface area contributed by atoms with Crippen LogP contribution in [0.25, 0.3) is 0 Å². The molecular formula is C9H18N2O2. The summed E-state index contributed by atoms with van der Waals surface area (Å²) in [5.74, 6) is 0.0985. The summed E-state index contributed by atoms with van der Waals surface area (Å²) in [6, 6.07) is -0.965. The SMILES string of the molecule is CC(C)CC(C=O)NC(=O)C(C)N. The lowest BCUT2D eigenvalue weighted by Crippen LogP contribution is -2.45. The van der Waals surface area contributed by atoms with Crippen LogP contribution in [0, 0.1) is 5.92 Å². The van der Waals surface area contributed by atoms with Crippen LogP contribution in [0.15, 0.2) is 0 Å². The summed E-state index contributed by atoms with van der Waals surface area (Å²) < 4.78 is 0. The number of hydrogen-bond donors (Lipinski definition) is 2. The minimum absolute atomic E-state index is 0.280. The average Bonchev–Trinajstić information content (AvgIpc) is 2.02. The fraction of sp³-hybridized carbons (Fsp3) is 0.778. The summed E-state index contributed by atoms with van der Waals surface area (Å²) in [6.07, 6.45) is 1.40. The second kappa shape index (κ2) is 5.70. The molecule has 0 spiro atoms. The number of nitrogens with one attached hydrogen (secondary N) is 1. The van der Waals surface area contributed by atoms with Gasteiger partial charge in [0.25, 0.3) is 0 Å². The summed E-state index contributed by atoms with van der Waals surface area (Å²) in [5.41, 5.74) is 5.34. The molecule has 4 heteroatoms. The maximum atomic E-state index is 11.1. The Morgan fingerprint density at radius 2 is 2.00 bits per heavy atom. The Balaban J connectivity index is 3.98. The van der Waals surface area contributed by atoms with E-state index >= 15 is 0 Å². The molecule has 13 heavy (non-hydrogen) atoms. The smallest absolute Gasteiger partial charge is 0.237 e. The average molecular weight is 186 g/mol. The first-order valence-corrected chi connectivity index (χ1v) is 4.48. The monoisotopic (exact) mass is 186 g/mol. The molecule has 0 bridgehead atoms. The molecule has 0 fully saturated rings. The van der Waals surface area contributed by atoms with Gasteiger partial charge in [0.15, 0.2) is 0 Å². The Hall–Kier alpha value is -0.900. The highest BCUT2D eigenvalue weighted by atomic mass is 16.2. The van der Waals surface area contributed by atoms with Crippen LogP contribution in [-0.4, -0.2) is 24.3 Å². The van der Waals surface area contributed by atoms with Crippen LogP contribution in [0.4, 0.5) is 0 Å². The van der Waals surface area contributed by atoms with Crippen molar-refractivity contribution in [2.24, 2.45) is 11.7 Å². The Labute approximate surface area is 78.9 Å². The minimum atomic E-state index is -0.561. The lowest BCUT2D eigenvalue weighted by atomic mass is 10.0. The molecule has 76 valence electrons. The van der Waals surface area contributed by atoms with E-state index in [1.54, 1.807) is 6.92 Å². The van der Waals surface area contributed by atoms with Crippen LogP contribution in [-0.2, 0) is 9.59 Å². The van der Waals surface area contributed by atoms with Crippen LogP contribution in [0.3, 0.4) is 0 Å². The van der Waals surface area contributed by atoms with E-state index < -0.39 is 12.1 Å². The Morgan fingerprint density at radius 3 is 2.31 bits per heavy atom. The zero-order chi connectivity index (χ0) is 10.4. The molecule has 0 aromatic rings. The molecule has 0 saturated heterocycles. The molecule has 1 amide bonds. The maximum Gasteiger partial charge on any atom is 0.237 e. The van der Waals surface area contributed by atoms with Crippen LogP contribution < -0.4 is 11.1 Å². The fourth-order valence-corrected chi connectivity index (χ4v) is 0.971. The quantitative estimate of drug-likeness (QED) is 0.596. The van der Waals surface area contributed by atoms with Gasteiger partial charge < -0.3 is 15.8 Å².